The number of carbonyl (C=O) groups is 1. The van der Waals surface area contributed by atoms with E-state index in [2.05, 4.69) is 5.32 Å². The normalized spacial score (nSPS) is 11.7. The van der Waals surface area contributed by atoms with Gasteiger partial charge in [-0.15, -0.1) is 0 Å². The van der Waals surface area contributed by atoms with Crippen molar-refractivity contribution in [2.45, 2.75) is 13.0 Å². The van der Waals surface area contributed by atoms with E-state index in [0.717, 1.165) is 0 Å². The van der Waals surface area contributed by atoms with Crippen molar-refractivity contribution in [2.24, 2.45) is 0 Å². The first-order valence-electron chi connectivity index (χ1n) is 7.18. The van der Waals surface area contributed by atoms with Gasteiger partial charge in [0, 0.05) is 12.7 Å². The van der Waals surface area contributed by atoms with Gasteiger partial charge in [-0.2, -0.15) is 0 Å². The first kappa shape index (κ1) is 17.1. The third-order valence-corrected chi connectivity index (χ3v) is 3.73. The predicted molar refractivity (Wildman–Crippen MR) is 91.3 cm³/mol. The van der Waals surface area contributed by atoms with E-state index in [0.29, 0.717) is 22.2 Å². The average Bonchev–Trinajstić information content (AvgIpc) is 2.57. The summed E-state index contributed by atoms with van der Waals surface area (Å²) in [5.41, 5.74) is 0.637. The molecule has 0 fully saturated rings. The second-order valence-electron chi connectivity index (χ2n) is 5.13. The van der Waals surface area contributed by atoms with Crippen LogP contribution in [0, 0.1) is 0 Å². The highest BCUT2D eigenvalue weighted by atomic mass is 35.5. The summed E-state index contributed by atoms with van der Waals surface area (Å²) in [6.45, 7) is 1.68. The van der Waals surface area contributed by atoms with Crippen LogP contribution in [0.2, 0.25) is 5.02 Å². The molecule has 23 heavy (non-hydrogen) atoms. The lowest BCUT2D eigenvalue weighted by Gasteiger charge is -2.23. The molecule has 1 unspecified atom stereocenters. The number of carbonyl (C=O) groups excluding carboxylic acids is 1. The number of urea groups is 1. The summed E-state index contributed by atoms with van der Waals surface area (Å²) in [5, 5.41) is 12.4. The average molecular weight is 335 g/mol. The lowest BCUT2D eigenvalue weighted by atomic mass is 10.3. The molecular weight excluding hydrogens is 316 g/mol. The minimum Gasteiger partial charge on any atom is -0.456 e. The van der Waals surface area contributed by atoms with Gasteiger partial charge >= 0.3 is 6.03 Å². The number of nitrogens with zero attached hydrogens (tertiary/aromatic N) is 1. The molecule has 2 amide bonds. The van der Waals surface area contributed by atoms with Gasteiger partial charge in [0.25, 0.3) is 0 Å². The summed E-state index contributed by atoms with van der Waals surface area (Å²) in [7, 11) is 1.63. The van der Waals surface area contributed by atoms with Gasteiger partial charge in [-0.3, -0.25) is 0 Å². The molecule has 0 saturated heterocycles. The first-order valence-corrected chi connectivity index (χ1v) is 7.56. The van der Waals surface area contributed by atoms with Crippen molar-refractivity contribution in [3.63, 3.8) is 0 Å². The van der Waals surface area contributed by atoms with Crippen LogP contribution in [-0.2, 0) is 0 Å². The predicted octanol–water partition coefficient (Wildman–Crippen LogP) is 3.98. The van der Waals surface area contributed by atoms with E-state index in [-0.39, 0.29) is 18.7 Å². The fourth-order valence-electron chi connectivity index (χ4n) is 1.80. The topological polar surface area (TPSA) is 61.8 Å². The fraction of sp³-hybridized carbons (Fsp3) is 0.235. The molecule has 0 radical (unpaired) electrons. The molecule has 0 saturated carbocycles. The summed E-state index contributed by atoms with van der Waals surface area (Å²) < 4.78 is 5.68. The number of amides is 2. The molecule has 0 aliphatic carbocycles. The monoisotopic (exact) mass is 334 g/mol. The zero-order valence-corrected chi connectivity index (χ0v) is 13.7. The van der Waals surface area contributed by atoms with E-state index < -0.39 is 0 Å². The summed E-state index contributed by atoms with van der Waals surface area (Å²) >= 11 is 6.04. The Morgan fingerprint density at radius 3 is 2.52 bits per heavy atom. The number of hydrogen-bond acceptors (Lipinski definition) is 3. The molecule has 0 bridgehead atoms. The summed E-state index contributed by atoms with van der Waals surface area (Å²) in [4.78, 5) is 13.4. The minimum atomic E-state index is -0.286. The molecule has 0 aliphatic rings. The van der Waals surface area contributed by atoms with Gasteiger partial charge in [0.15, 0.2) is 0 Å². The number of para-hydroxylation sites is 1. The Kier molecular flexibility index (Phi) is 5.84. The van der Waals surface area contributed by atoms with Crippen LogP contribution in [0.25, 0.3) is 0 Å². The summed E-state index contributed by atoms with van der Waals surface area (Å²) in [6.07, 6.45) is 0. The zero-order chi connectivity index (χ0) is 16.8. The number of rotatable bonds is 5. The van der Waals surface area contributed by atoms with Crippen LogP contribution in [0.5, 0.6) is 11.5 Å². The molecule has 2 aromatic rings. The van der Waals surface area contributed by atoms with Crippen LogP contribution in [-0.4, -0.2) is 35.7 Å². The van der Waals surface area contributed by atoms with E-state index in [4.69, 9.17) is 21.4 Å². The van der Waals surface area contributed by atoms with E-state index >= 15 is 0 Å². The molecule has 6 heteroatoms. The maximum atomic E-state index is 12.0. The third kappa shape index (κ3) is 4.61. The Morgan fingerprint density at radius 2 is 1.91 bits per heavy atom. The number of hydrogen-bond donors (Lipinski definition) is 2. The van der Waals surface area contributed by atoms with Crippen molar-refractivity contribution in [1.29, 1.82) is 0 Å². The highest BCUT2D eigenvalue weighted by Crippen LogP contribution is 2.29. The highest BCUT2D eigenvalue weighted by molar-refractivity contribution is 6.32. The number of nitrogens with one attached hydrogen (secondary N) is 1. The molecule has 0 aromatic heterocycles. The van der Waals surface area contributed by atoms with E-state index in [1.807, 2.05) is 12.1 Å². The zero-order valence-electron chi connectivity index (χ0n) is 13.0. The highest BCUT2D eigenvalue weighted by Gasteiger charge is 2.14. The maximum Gasteiger partial charge on any atom is 0.321 e. The van der Waals surface area contributed by atoms with Gasteiger partial charge in [-0.1, -0.05) is 23.7 Å². The number of anilines is 1. The molecule has 0 spiro atoms. The molecule has 0 heterocycles. The Balaban J connectivity index is 2.00. The fourth-order valence-corrected chi connectivity index (χ4v) is 1.97. The smallest absolute Gasteiger partial charge is 0.321 e. The molecule has 2 N–H and O–H groups in total. The lowest BCUT2D eigenvalue weighted by Crippen LogP contribution is -2.40. The summed E-state index contributed by atoms with van der Waals surface area (Å²) in [6, 6.07) is 13.6. The van der Waals surface area contributed by atoms with Crippen molar-refractivity contribution >= 4 is 23.3 Å². The van der Waals surface area contributed by atoms with Crippen molar-refractivity contribution in [3.8, 4) is 11.5 Å². The quantitative estimate of drug-likeness (QED) is 0.869. The van der Waals surface area contributed by atoms with Gasteiger partial charge in [0.2, 0.25) is 0 Å². The van der Waals surface area contributed by atoms with Crippen LogP contribution >= 0.6 is 11.6 Å². The first-order chi connectivity index (χ1) is 11.0. The molecule has 0 aliphatic heterocycles. The number of aliphatic hydroxyl groups excluding tert-OH is 1. The molecule has 2 aromatic carbocycles. The molecule has 122 valence electrons. The molecule has 5 nitrogen and oxygen atoms in total. The van der Waals surface area contributed by atoms with Gasteiger partial charge in [-0.25, -0.2) is 4.79 Å². The largest absolute Gasteiger partial charge is 0.456 e. The van der Waals surface area contributed by atoms with E-state index in [1.54, 1.807) is 50.4 Å². The van der Waals surface area contributed by atoms with Crippen molar-refractivity contribution in [2.75, 3.05) is 19.0 Å². The third-order valence-electron chi connectivity index (χ3n) is 3.42. The van der Waals surface area contributed by atoms with Crippen LogP contribution in [0.1, 0.15) is 6.92 Å². The van der Waals surface area contributed by atoms with Gasteiger partial charge in [0.1, 0.15) is 11.5 Å². The minimum absolute atomic E-state index is 0.0888. The van der Waals surface area contributed by atoms with Crippen molar-refractivity contribution in [1.82, 2.24) is 4.90 Å². The molecule has 2 rings (SSSR count). The molecule has 1 atom stereocenters. The standard InChI is InChI=1S/C17H19ClN2O3/c1-12(11-21)20(2)17(22)19-13-7-9-14(10-8-13)23-16-6-4-3-5-15(16)18/h3-10,12,21H,11H2,1-2H3,(H,19,22). The van der Waals surface area contributed by atoms with Crippen LogP contribution in [0.15, 0.2) is 48.5 Å². The second kappa shape index (κ2) is 7.85. The van der Waals surface area contributed by atoms with Crippen molar-refractivity contribution < 1.29 is 14.6 Å². The Morgan fingerprint density at radius 1 is 1.26 bits per heavy atom. The summed E-state index contributed by atoms with van der Waals surface area (Å²) in [5.74, 6) is 1.19. The Hall–Kier alpha value is -2.24. The van der Waals surface area contributed by atoms with Crippen molar-refractivity contribution in [3.05, 3.63) is 53.6 Å². The number of aliphatic hydroxyl groups is 1. The van der Waals surface area contributed by atoms with Gasteiger partial charge < -0.3 is 20.1 Å². The number of halogens is 1. The van der Waals surface area contributed by atoms with E-state index in [9.17, 15) is 4.79 Å². The van der Waals surface area contributed by atoms with Crippen LogP contribution in [0.4, 0.5) is 10.5 Å². The Bertz CT molecular complexity index is 661. The number of ether oxygens (including phenoxy) is 1. The maximum absolute atomic E-state index is 12.0. The number of likely N-dealkylation sites (N-methyl/N-ethyl adjacent to an activating group) is 1. The van der Waals surface area contributed by atoms with Crippen LogP contribution in [0.3, 0.4) is 0 Å². The number of benzene rings is 2. The van der Waals surface area contributed by atoms with Gasteiger partial charge in [0.05, 0.1) is 17.7 Å². The molecular formula is C17H19ClN2O3. The second-order valence-corrected chi connectivity index (χ2v) is 5.54. The lowest BCUT2D eigenvalue weighted by molar-refractivity contribution is 0.166. The Labute approximate surface area is 140 Å². The van der Waals surface area contributed by atoms with Gasteiger partial charge in [-0.05, 0) is 43.3 Å². The van der Waals surface area contributed by atoms with Crippen LogP contribution < -0.4 is 10.1 Å². The van der Waals surface area contributed by atoms with E-state index in [1.165, 1.54) is 4.90 Å². The SMILES string of the molecule is CC(CO)N(C)C(=O)Nc1ccc(Oc2ccccc2Cl)cc1.